The van der Waals surface area contributed by atoms with E-state index in [1.165, 1.54) is 0 Å². The van der Waals surface area contributed by atoms with Crippen molar-refractivity contribution < 1.29 is 14.3 Å². The van der Waals surface area contributed by atoms with Gasteiger partial charge in [0.2, 0.25) is 5.91 Å². The van der Waals surface area contributed by atoms with Crippen LogP contribution in [0.3, 0.4) is 0 Å². The molecule has 2 saturated heterocycles. The molecule has 2 aliphatic rings. The number of ether oxygens (including phenoxy) is 1. The van der Waals surface area contributed by atoms with Gasteiger partial charge in [0.1, 0.15) is 0 Å². The quantitative estimate of drug-likeness (QED) is 0.717. The average Bonchev–Trinajstić information content (AvgIpc) is 2.28. The lowest BCUT2D eigenvalue weighted by Crippen LogP contribution is -2.55. The van der Waals surface area contributed by atoms with Crippen LogP contribution in [-0.4, -0.2) is 42.6 Å². The minimum absolute atomic E-state index is 0.144. The average molecular weight is 226 g/mol. The Kier molecular flexibility index (Phi) is 3.31. The number of hydrogen-bond donors (Lipinski definition) is 1. The van der Waals surface area contributed by atoms with Gasteiger partial charge in [0.25, 0.3) is 0 Å². The molecule has 16 heavy (non-hydrogen) atoms. The van der Waals surface area contributed by atoms with Gasteiger partial charge < -0.3 is 15.0 Å². The molecule has 5 heteroatoms. The summed E-state index contributed by atoms with van der Waals surface area (Å²) in [6.07, 6.45) is 2.08. The van der Waals surface area contributed by atoms with Crippen LogP contribution in [0.5, 0.6) is 0 Å². The summed E-state index contributed by atoms with van der Waals surface area (Å²) in [5.74, 6) is 0.543. The van der Waals surface area contributed by atoms with E-state index < -0.39 is 0 Å². The lowest BCUT2D eigenvalue weighted by molar-refractivity contribution is -0.125. The molecule has 2 fully saturated rings. The maximum Gasteiger partial charge on any atom is 0.409 e. The second kappa shape index (κ2) is 4.72. The predicted octanol–water partition coefficient (Wildman–Crippen LogP) is 0.743. The van der Waals surface area contributed by atoms with Crippen LogP contribution < -0.4 is 5.32 Å². The van der Waals surface area contributed by atoms with E-state index in [-0.39, 0.29) is 18.0 Å². The summed E-state index contributed by atoms with van der Waals surface area (Å²) in [7, 11) is 0. The molecule has 0 saturated carbocycles. The maximum absolute atomic E-state index is 11.6. The number of piperidine rings is 2. The van der Waals surface area contributed by atoms with Crippen molar-refractivity contribution in [2.75, 3.05) is 19.7 Å². The number of carbonyl (C=O) groups is 2. The third kappa shape index (κ3) is 2.28. The van der Waals surface area contributed by atoms with Crippen LogP contribution in [0.25, 0.3) is 0 Å². The standard InChI is InChI=1S/C11H18N2O3/c1-2-16-11(15)13-6-5-9-8(7-13)3-4-10(14)12-9/h8-9H,2-7H2,1H3,(H,12,14)/t8-,9+/m1/s1. The first-order valence-electron chi connectivity index (χ1n) is 5.91. The van der Waals surface area contributed by atoms with E-state index >= 15 is 0 Å². The number of nitrogens with zero attached hydrogens (tertiary/aromatic N) is 1. The van der Waals surface area contributed by atoms with Crippen molar-refractivity contribution in [3.63, 3.8) is 0 Å². The molecule has 5 nitrogen and oxygen atoms in total. The second-order valence-corrected chi connectivity index (χ2v) is 4.41. The first-order chi connectivity index (χ1) is 7.70. The summed E-state index contributed by atoms with van der Waals surface area (Å²) in [6, 6.07) is 0.256. The van der Waals surface area contributed by atoms with Crippen LogP contribution in [0, 0.1) is 5.92 Å². The Morgan fingerprint density at radius 3 is 3.12 bits per heavy atom. The van der Waals surface area contributed by atoms with Gasteiger partial charge in [-0.1, -0.05) is 0 Å². The van der Waals surface area contributed by atoms with Gasteiger partial charge in [-0.15, -0.1) is 0 Å². The molecule has 0 aromatic rings. The molecule has 0 spiro atoms. The molecular formula is C11H18N2O3. The molecule has 2 aliphatic heterocycles. The van der Waals surface area contributed by atoms with Gasteiger partial charge in [-0.25, -0.2) is 4.79 Å². The van der Waals surface area contributed by atoms with Crippen LogP contribution in [0.15, 0.2) is 0 Å². The van der Waals surface area contributed by atoms with Gasteiger partial charge in [-0.3, -0.25) is 4.79 Å². The van der Waals surface area contributed by atoms with Gasteiger partial charge in [0.05, 0.1) is 6.61 Å². The van der Waals surface area contributed by atoms with Gasteiger partial charge in [-0.2, -0.15) is 0 Å². The summed E-state index contributed by atoms with van der Waals surface area (Å²) in [6.45, 7) is 3.62. The fraction of sp³-hybridized carbons (Fsp3) is 0.818. The zero-order chi connectivity index (χ0) is 11.5. The highest BCUT2D eigenvalue weighted by Gasteiger charge is 2.35. The number of likely N-dealkylation sites (tertiary alicyclic amines) is 1. The van der Waals surface area contributed by atoms with Crippen molar-refractivity contribution in [2.45, 2.75) is 32.2 Å². The van der Waals surface area contributed by atoms with Crippen LogP contribution in [0.2, 0.25) is 0 Å². The SMILES string of the molecule is CCOC(=O)N1CC[C@@H]2NC(=O)CC[C@@H]2C1. The molecule has 2 amide bonds. The molecule has 2 atom stereocenters. The predicted molar refractivity (Wildman–Crippen MR) is 57.9 cm³/mol. The Morgan fingerprint density at radius 1 is 1.56 bits per heavy atom. The second-order valence-electron chi connectivity index (χ2n) is 4.41. The molecule has 0 unspecified atom stereocenters. The van der Waals surface area contributed by atoms with E-state index in [0.717, 1.165) is 12.8 Å². The van der Waals surface area contributed by atoms with Crippen molar-refractivity contribution in [1.29, 1.82) is 0 Å². The van der Waals surface area contributed by atoms with Crippen LogP contribution >= 0.6 is 0 Å². The number of rotatable bonds is 1. The number of hydrogen-bond acceptors (Lipinski definition) is 3. The Hall–Kier alpha value is -1.26. The normalized spacial score (nSPS) is 29.3. The fourth-order valence-corrected chi connectivity index (χ4v) is 2.49. The summed E-state index contributed by atoms with van der Waals surface area (Å²) < 4.78 is 4.98. The number of amides is 2. The molecule has 0 aliphatic carbocycles. The summed E-state index contributed by atoms with van der Waals surface area (Å²) in [4.78, 5) is 24.5. The highest BCUT2D eigenvalue weighted by atomic mass is 16.6. The molecular weight excluding hydrogens is 208 g/mol. The van der Waals surface area contributed by atoms with Gasteiger partial charge in [0.15, 0.2) is 0 Å². The first kappa shape index (κ1) is 11.2. The summed E-state index contributed by atoms with van der Waals surface area (Å²) in [5, 5.41) is 2.99. The zero-order valence-corrected chi connectivity index (χ0v) is 9.57. The van der Waals surface area contributed by atoms with Crippen molar-refractivity contribution in [3.05, 3.63) is 0 Å². The van der Waals surface area contributed by atoms with Crippen LogP contribution in [0.1, 0.15) is 26.2 Å². The fourth-order valence-electron chi connectivity index (χ4n) is 2.49. The highest BCUT2D eigenvalue weighted by Crippen LogP contribution is 2.25. The summed E-state index contributed by atoms with van der Waals surface area (Å²) >= 11 is 0. The lowest BCUT2D eigenvalue weighted by atomic mass is 9.85. The van der Waals surface area contributed by atoms with Gasteiger partial charge in [-0.05, 0) is 25.7 Å². The monoisotopic (exact) mass is 226 g/mol. The third-order valence-corrected chi connectivity index (χ3v) is 3.35. The molecule has 0 bridgehead atoms. The first-order valence-corrected chi connectivity index (χ1v) is 5.91. The Morgan fingerprint density at radius 2 is 2.38 bits per heavy atom. The highest BCUT2D eigenvalue weighted by molar-refractivity contribution is 5.77. The smallest absolute Gasteiger partial charge is 0.409 e. The van der Waals surface area contributed by atoms with Crippen molar-refractivity contribution in [1.82, 2.24) is 10.2 Å². The Bertz CT molecular complexity index is 293. The van der Waals surface area contributed by atoms with Crippen LogP contribution in [-0.2, 0) is 9.53 Å². The number of fused-ring (bicyclic) bond motifs is 1. The minimum Gasteiger partial charge on any atom is -0.450 e. The van der Waals surface area contributed by atoms with E-state index in [2.05, 4.69) is 5.32 Å². The molecule has 2 rings (SSSR count). The Labute approximate surface area is 95.1 Å². The van der Waals surface area contributed by atoms with Crippen molar-refractivity contribution >= 4 is 12.0 Å². The maximum atomic E-state index is 11.6. The number of nitrogens with one attached hydrogen (secondary N) is 1. The molecule has 0 radical (unpaired) electrons. The molecule has 0 aromatic carbocycles. The van der Waals surface area contributed by atoms with E-state index in [1.807, 2.05) is 6.92 Å². The summed E-state index contributed by atoms with van der Waals surface area (Å²) in [5.41, 5.74) is 0. The van der Waals surface area contributed by atoms with E-state index in [4.69, 9.17) is 4.74 Å². The molecule has 2 heterocycles. The van der Waals surface area contributed by atoms with Crippen LogP contribution in [0.4, 0.5) is 4.79 Å². The zero-order valence-electron chi connectivity index (χ0n) is 9.57. The Balaban J connectivity index is 1.90. The van der Waals surface area contributed by atoms with Crippen molar-refractivity contribution in [2.24, 2.45) is 5.92 Å². The third-order valence-electron chi connectivity index (χ3n) is 3.35. The van der Waals surface area contributed by atoms with E-state index in [1.54, 1.807) is 4.90 Å². The molecule has 90 valence electrons. The number of carbonyl (C=O) groups excluding carboxylic acids is 2. The lowest BCUT2D eigenvalue weighted by Gasteiger charge is -2.40. The topological polar surface area (TPSA) is 58.6 Å². The van der Waals surface area contributed by atoms with Crippen molar-refractivity contribution in [3.8, 4) is 0 Å². The molecule has 1 N–H and O–H groups in total. The van der Waals surface area contributed by atoms with Gasteiger partial charge >= 0.3 is 6.09 Å². The minimum atomic E-state index is -0.224. The van der Waals surface area contributed by atoms with E-state index in [0.29, 0.717) is 32.0 Å². The van der Waals surface area contributed by atoms with Gasteiger partial charge in [0, 0.05) is 25.6 Å². The largest absolute Gasteiger partial charge is 0.450 e. The van der Waals surface area contributed by atoms with E-state index in [9.17, 15) is 9.59 Å². The molecule has 0 aromatic heterocycles.